The normalized spacial score (nSPS) is 11.9. The van der Waals surface area contributed by atoms with E-state index < -0.39 is 8.24 Å². The summed E-state index contributed by atoms with van der Waals surface area (Å²) in [6.07, 6.45) is 4.32. The van der Waals surface area contributed by atoms with E-state index in [9.17, 15) is 0 Å². The highest BCUT2D eigenvalue weighted by Gasteiger charge is 2.16. The summed E-state index contributed by atoms with van der Waals surface area (Å²) in [4.78, 5) is 3.75. The first kappa shape index (κ1) is 6.48. The summed E-state index contributed by atoms with van der Waals surface area (Å²) in [6, 6.07) is 0. The van der Waals surface area contributed by atoms with Crippen LogP contribution in [0, 0.1) is 6.33 Å². The van der Waals surface area contributed by atoms with Crippen LogP contribution in [-0.4, -0.2) is 22.7 Å². The molecule has 0 aliphatic heterocycles. The minimum atomic E-state index is -1.29. The second-order valence-corrected chi connectivity index (χ2v) is 7.71. The molecule has 0 saturated heterocycles. The monoisotopic (exact) mass is 140 g/mol. The molecule has 0 bridgehead atoms. The molecular formula is C5H10N3Si. The van der Waals surface area contributed by atoms with Crippen LogP contribution < -0.4 is 0 Å². The van der Waals surface area contributed by atoms with Crippen molar-refractivity contribution < 1.29 is 0 Å². The molecule has 1 aromatic heterocycles. The first-order chi connectivity index (χ1) is 4.11. The van der Waals surface area contributed by atoms with Crippen molar-refractivity contribution in [2.24, 2.45) is 0 Å². The zero-order valence-corrected chi connectivity index (χ0v) is 6.92. The Bertz CT molecular complexity index is 175. The summed E-state index contributed by atoms with van der Waals surface area (Å²) in [5.41, 5.74) is 0. The fourth-order valence-corrected chi connectivity index (χ4v) is 1.26. The highest BCUT2D eigenvalue weighted by molar-refractivity contribution is 6.74. The van der Waals surface area contributed by atoms with Gasteiger partial charge in [-0.05, 0) is 19.6 Å². The van der Waals surface area contributed by atoms with Crippen LogP contribution in [0.3, 0.4) is 0 Å². The molecule has 1 rings (SSSR count). The second kappa shape index (κ2) is 1.95. The maximum atomic E-state index is 4.00. The van der Waals surface area contributed by atoms with E-state index in [1.54, 1.807) is 0 Å². The van der Waals surface area contributed by atoms with Crippen LogP contribution >= 0.6 is 0 Å². The summed E-state index contributed by atoms with van der Waals surface area (Å²) >= 11 is 0. The van der Waals surface area contributed by atoms with Crippen LogP contribution in [0.25, 0.3) is 0 Å². The number of hydrogen-bond acceptors (Lipinski definition) is 2. The molecule has 0 spiro atoms. The van der Waals surface area contributed by atoms with E-state index in [4.69, 9.17) is 0 Å². The maximum Gasteiger partial charge on any atom is 0.186 e. The van der Waals surface area contributed by atoms with E-state index in [1.165, 1.54) is 6.33 Å². The van der Waals surface area contributed by atoms with Crippen molar-refractivity contribution in [3.63, 3.8) is 0 Å². The molecule has 3 nitrogen and oxygen atoms in total. The van der Waals surface area contributed by atoms with Crippen molar-refractivity contribution in [2.45, 2.75) is 19.6 Å². The number of nitrogens with zero attached hydrogens (tertiary/aromatic N) is 3. The molecule has 0 atom stereocenters. The first-order valence-electron chi connectivity index (χ1n) is 2.89. The average Bonchev–Trinajstić information content (AvgIpc) is 2.08. The molecule has 49 valence electrons. The van der Waals surface area contributed by atoms with Gasteiger partial charge in [0.1, 0.15) is 6.33 Å². The van der Waals surface area contributed by atoms with Crippen molar-refractivity contribution >= 4 is 8.24 Å². The zero-order valence-electron chi connectivity index (χ0n) is 5.92. The van der Waals surface area contributed by atoms with Crippen molar-refractivity contribution in [1.82, 2.24) is 14.4 Å². The Kier molecular flexibility index (Phi) is 1.40. The van der Waals surface area contributed by atoms with E-state index in [1.807, 2.05) is 4.35 Å². The summed E-state index contributed by atoms with van der Waals surface area (Å²) in [7, 11) is -1.29. The van der Waals surface area contributed by atoms with Gasteiger partial charge in [-0.2, -0.15) is 5.10 Å². The first-order valence-corrected chi connectivity index (χ1v) is 6.33. The Morgan fingerprint density at radius 2 is 2.11 bits per heavy atom. The van der Waals surface area contributed by atoms with Crippen LogP contribution in [-0.2, 0) is 0 Å². The van der Waals surface area contributed by atoms with Crippen LogP contribution in [0.4, 0.5) is 0 Å². The maximum absolute atomic E-state index is 4.00. The number of aromatic nitrogens is 3. The highest BCUT2D eigenvalue weighted by atomic mass is 28.3. The standard InChI is InChI=1S/C5H10N3Si/c1-9(2,3)8-5-6-4-7-8/h4H,1-3H3. The largest absolute Gasteiger partial charge is 0.275 e. The van der Waals surface area contributed by atoms with Gasteiger partial charge in [0.2, 0.25) is 0 Å². The smallest absolute Gasteiger partial charge is 0.186 e. The lowest BCUT2D eigenvalue weighted by Gasteiger charge is -2.13. The molecule has 0 saturated carbocycles. The molecule has 0 aliphatic carbocycles. The molecule has 1 heterocycles. The van der Waals surface area contributed by atoms with Crippen LogP contribution in [0.1, 0.15) is 0 Å². The predicted octanol–water partition coefficient (Wildman–Crippen LogP) is 0.761. The molecule has 0 aromatic carbocycles. The fraction of sp³-hybridized carbons (Fsp3) is 0.600. The van der Waals surface area contributed by atoms with E-state index in [0.29, 0.717) is 0 Å². The van der Waals surface area contributed by atoms with Gasteiger partial charge in [0.25, 0.3) is 0 Å². The van der Waals surface area contributed by atoms with Crippen LogP contribution in [0.15, 0.2) is 6.33 Å². The third-order valence-electron chi connectivity index (χ3n) is 1.01. The molecular weight excluding hydrogens is 130 g/mol. The van der Waals surface area contributed by atoms with Gasteiger partial charge in [0, 0.05) is 0 Å². The Morgan fingerprint density at radius 1 is 1.44 bits per heavy atom. The molecule has 0 amide bonds. The van der Waals surface area contributed by atoms with Gasteiger partial charge in [-0.15, -0.1) is 0 Å². The van der Waals surface area contributed by atoms with Gasteiger partial charge in [-0.25, -0.2) is 4.98 Å². The highest BCUT2D eigenvalue weighted by Crippen LogP contribution is 2.00. The zero-order chi connectivity index (χ0) is 6.91. The Hall–Kier alpha value is -0.643. The van der Waals surface area contributed by atoms with E-state index in [2.05, 4.69) is 36.1 Å². The summed E-state index contributed by atoms with van der Waals surface area (Å²) in [5.74, 6) is 0. The lowest BCUT2D eigenvalue weighted by Crippen LogP contribution is -2.32. The third kappa shape index (κ3) is 1.38. The molecule has 0 aliphatic rings. The molecule has 1 radical (unpaired) electrons. The number of rotatable bonds is 1. The predicted molar refractivity (Wildman–Crippen MR) is 37.6 cm³/mol. The molecule has 0 unspecified atom stereocenters. The van der Waals surface area contributed by atoms with Crippen LogP contribution in [0.5, 0.6) is 0 Å². The van der Waals surface area contributed by atoms with Crippen LogP contribution in [0.2, 0.25) is 19.6 Å². The summed E-state index contributed by atoms with van der Waals surface area (Å²) in [5, 5.41) is 4.00. The van der Waals surface area contributed by atoms with Gasteiger partial charge in [-0.3, -0.25) is 4.35 Å². The van der Waals surface area contributed by atoms with Crippen molar-refractivity contribution in [1.29, 1.82) is 0 Å². The van der Waals surface area contributed by atoms with Crippen molar-refractivity contribution in [2.75, 3.05) is 0 Å². The lowest BCUT2D eigenvalue weighted by atomic mass is 11.3. The van der Waals surface area contributed by atoms with E-state index in [0.717, 1.165) is 0 Å². The fourth-order valence-electron chi connectivity index (χ4n) is 0.507. The topological polar surface area (TPSA) is 30.7 Å². The molecule has 4 heteroatoms. The van der Waals surface area contributed by atoms with E-state index >= 15 is 0 Å². The Morgan fingerprint density at radius 3 is 2.33 bits per heavy atom. The quantitative estimate of drug-likeness (QED) is 0.539. The minimum Gasteiger partial charge on any atom is -0.275 e. The average molecular weight is 140 g/mol. The summed E-state index contributed by atoms with van der Waals surface area (Å²) < 4.78 is 1.84. The van der Waals surface area contributed by atoms with Crippen molar-refractivity contribution in [3.05, 3.63) is 12.7 Å². The second-order valence-electron chi connectivity index (χ2n) is 2.94. The Balaban J connectivity index is 2.90. The van der Waals surface area contributed by atoms with Gasteiger partial charge in [-0.1, -0.05) is 0 Å². The molecule has 9 heavy (non-hydrogen) atoms. The molecule has 0 N–H and O–H groups in total. The summed E-state index contributed by atoms with van der Waals surface area (Å²) in [6.45, 7) is 6.58. The molecule has 0 fully saturated rings. The Labute approximate surface area is 55.8 Å². The SMILES string of the molecule is C[Si](C)(C)n1[c]ncn1. The van der Waals surface area contributed by atoms with Gasteiger partial charge >= 0.3 is 0 Å². The molecule has 1 aromatic rings. The van der Waals surface area contributed by atoms with Gasteiger partial charge in [0.15, 0.2) is 14.6 Å². The minimum absolute atomic E-state index is 1.29. The van der Waals surface area contributed by atoms with Crippen molar-refractivity contribution in [3.8, 4) is 0 Å². The lowest BCUT2D eigenvalue weighted by molar-refractivity contribution is 0.925. The van der Waals surface area contributed by atoms with E-state index in [-0.39, 0.29) is 0 Å². The van der Waals surface area contributed by atoms with Gasteiger partial charge in [0.05, 0.1) is 0 Å². The third-order valence-corrected chi connectivity index (χ3v) is 2.50. The number of hydrogen-bond donors (Lipinski definition) is 0. The van der Waals surface area contributed by atoms with Gasteiger partial charge < -0.3 is 0 Å².